The average Bonchev–Trinajstić information content (AvgIpc) is 3.27. The number of hydrogen-bond donors (Lipinski definition) is 1. The summed E-state index contributed by atoms with van der Waals surface area (Å²) in [6.45, 7) is 3.61. The topological polar surface area (TPSA) is 59.4 Å². The SMILES string of the molecule is CNC(=O)[C@@H]1CN(Cc2ccccc2)C[C@H]1C1CCN(c2ccc(C#N)c(C(F)(F)F)c2)CC1. The van der Waals surface area contributed by atoms with Crippen molar-refractivity contribution in [2.24, 2.45) is 17.8 Å². The molecule has 2 saturated heterocycles. The van der Waals surface area contributed by atoms with E-state index in [0.717, 1.165) is 32.0 Å². The van der Waals surface area contributed by atoms with Gasteiger partial charge in [0.1, 0.15) is 0 Å². The van der Waals surface area contributed by atoms with E-state index in [-0.39, 0.29) is 23.3 Å². The number of amides is 1. The number of nitriles is 1. The Morgan fingerprint density at radius 3 is 2.44 bits per heavy atom. The fraction of sp³-hybridized carbons (Fsp3) is 0.462. The van der Waals surface area contributed by atoms with Crippen LogP contribution in [0.3, 0.4) is 0 Å². The summed E-state index contributed by atoms with van der Waals surface area (Å²) < 4.78 is 40.1. The fourth-order valence-electron chi connectivity index (χ4n) is 5.47. The molecule has 34 heavy (non-hydrogen) atoms. The number of rotatable bonds is 5. The number of alkyl halides is 3. The molecule has 0 spiro atoms. The molecule has 0 unspecified atom stereocenters. The standard InChI is InChI=1S/C26H29F3N4O/c1-31-25(34)23-17-32(15-18-5-3-2-4-6-18)16-22(23)19-9-11-33(12-10-19)21-8-7-20(14-30)24(13-21)26(27,28)29/h2-8,13,19,22-23H,9-12,15-17H2,1H3,(H,31,34)/t22-,23+/m0/s1. The van der Waals surface area contributed by atoms with Crippen LogP contribution in [0, 0.1) is 29.1 Å². The molecule has 0 aromatic heterocycles. The highest BCUT2D eigenvalue weighted by molar-refractivity contribution is 5.79. The minimum Gasteiger partial charge on any atom is -0.372 e. The zero-order chi connectivity index (χ0) is 24.3. The molecule has 8 heteroatoms. The zero-order valence-corrected chi connectivity index (χ0v) is 19.2. The van der Waals surface area contributed by atoms with Gasteiger partial charge >= 0.3 is 6.18 Å². The summed E-state index contributed by atoms with van der Waals surface area (Å²) in [6, 6.07) is 15.8. The van der Waals surface area contributed by atoms with E-state index in [1.54, 1.807) is 19.2 Å². The molecule has 2 aliphatic rings. The maximum atomic E-state index is 13.4. The lowest BCUT2D eigenvalue weighted by molar-refractivity contribution is -0.137. The second kappa shape index (κ2) is 10.1. The molecule has 4 rings (SSSR count). The first-order chi connectivity index (χ1) is 16.3. The third-order valence-electron chi connectivity index (χ3n) is 7.21. The Bertz CT molecular complexity index is 1040. The normalized spacial score (nSPS) is 21.9. The van der Waals surface area contributed by atoms with E-state index in [2.05, 4.69) is 22.3 Å². The molecule has 0 radical (unpaired) electrons. The summed E-state index contributed by atoms with van der Waals surface area (Å²) in [5.41, 5.74) is 0.463. The Labute approximate surface area is 198 Å². The summed E-state index contributed by atoms with van der Waals surface area (Å²) in [4.78, 5) is 17.0. The highest BCUT2D eigenvalue weighted by atomic mass is 19.4. The Kier molecular flexibility index (Phi) is 7.13. The first-order valence-electron chi connectivity index (χ1n) is 11.6. The first-order valence-corrected chi connectivity index (χ1v) is 11.6. The molecular formula is C26H29F3N4O. The van der Waals surface area contributed by atoms with Gasteiger partial charge in [0.25, 0.3) is 0 Å². The highest BCUT2D eigenvalue weighted by Crippen LogP contribution is 2.39. The molecular weight excluding hydrogens is 441 g/mol. The molecule has 2 aliphatic heterocycles. The van der Waals surface area contributed by atoms with E-state index < -0.39 is 11.7 Å². The number of benzene rings is 2. The molecule has 180 valence electrons. The van der Waals surface area contributed by atoms with Gasteiger partial charge in [0.2, 0.25) is 5.91 Å². The number of carbonyl (C=O) groups excluding carboxylic acids is 1. The van der Waals surface area contributed by atoms with Crippen molar-refractivity contribution in [2.45, 2.75) is 25.6 Å². The lowest BCUT2D eigenvalue weighted by atomic mass is 9.78. The van der Waals surface area contributed by atoms with E-state index in [1.165, 1.54) is 11.6 Å². The van der Waals surface area contributed by atoms with Crippen LogP contribution in [0.4, 0.5) is 18.9 Å². The predicted molar refractivity (Wildman–Crippen MR) is 124 cm³/mol. The number of piperidine rings is 1. The number of nitrogens with one attached hydrogen (secondary N) is 1. The van der Waals surface area contributed by atoms with Crippen molar-refractivity contribution in [3.63, 3.8) is 0 Å². The maximum absolute atomic E-state index is 13.4. The first kappa shape index (κ1) is 24.1. The van der Waals surface area contributed by atoms with Crippen LogP contribution in [0.25, 0.3) is 0 Å². The van der Waals surface area contributed by atoms with Crippen molar-refractivity contribution in [3.8, 4) is 6.07 Å². The van der Waals surface area contributed by atoms with Gasteiger partial charge in [-0.25, -0.2) is 0 Å². The number of anilines is 1. The third kappa shape index (κ3) is 5.20. The van der Waals surface area contributed by atoms with Crippen molar-refractivity contribution >= 4 is 11.6 Å². The molecule has 2 atom stereocenters. The van der Waals surface area contributed by atoms with E-state index >= 15 is 0 Å². The molecule has 0 saturated carbocycles. The number of halogens is 3. The second-order valence-electron chi connectivity index (χ2n) is 9.23. The Balaban J connectivity index is 1.44. The Hall–Kier alpha value is -3.05. The van der Waals surface area contributed by atoms with E-state index in [9.17, 15) is 18.0 Å². The number of nitrogens with zero attached hydrogens (tertiary/aromatic N) is 3. The molecule has 2 aromatic rings. The zero-order valence-electron chi connectivity index (χ0n) is 19.2. The van der Waals surface area contributed by atoms with Crippen molar-refractivity contribution in [2.75, 3.05) is 38.1 Å². The lowest BCUT2D eigenvalue weighted by Crippen LogP contribution is -2.41. The van der Waals surface area contributed by atoms with Gasteiger partial charge in [-0.05, 0) is 48.4 Å². The van der Waals surface area contributed by atoms with Crippen LogP contribution in [0.5, 0.6) is 0 Å². The largest absolute Gasteiger partial charge is 0.417 e. The minimum absolute atomic E-state index is 0.0601. The van der Waals surface area contributed by atoms with Crippen LogP contribution < -0.4 is 10.2 Å². The van der Waals surface area contributed by atoms with E-state index in [1.807, 2.05) is 23.1 Å². The van der Waals surface area contributed by atoms with Gasteiger partial charge in [-0.15, -0.1) is 0 Å². The van der Waals surface area contributed by atoms with Gasteiger partial charge in [0.05, 0.1) is 23.1 Å². The monoisotopic (exact) mass is 470 g/mol. The van der Waals surface area contributed by atoms with Crippen LogP contribution in [-0.4, -0.2) is 44.0 Å². The quantitative estimate of drug-likeness (QED) is 0.709. The van der Waals surface area contributed by atoms with Gasteiger partial charge in [-0.2, -0.15) is 18.4 Å². The van der Waals surface area contributed by atoms with Gasteiger partial charge < -0.3 is 10.2 Å². The smallest absolute Gasteiger partial charge is 0.372 e. The van der Waals surface area contributed by atoms with Crippen LogP contribution in [0.2, 0.25) is 0 Å². The summed E-state index contributed by atoms with van der Waals surface area (Å²) in [5, 5.41) is 11.9. The predicted octanol–water partition coefficient (Wildman–Crippen LogP) is 4.29. The molecule has 2 heterocycles. The minimum atomic E-state index is -4.56. The molecule has 5 nitrogen and oxygen atoms in total. The molecule has 1 N–H and O–H groups in total. The summed E-state index contributed by atoms with van der Waals surface area (Å²) in [5.74, 6) is 0.527. The van der Waals surface area contributed by atoms with Gasteiger partial charge in [-0.3, -0.25) is 9.69 Å². The van der Waals surface area contributed by atoms with Crippen LogP contribution >= 0.6 is 0 Å². The van der Waals surface area contributed by atoms with E-state index in [4.69, 9.17) is 5.26 Å². The van der Waals surface area contributed by atoms with Gasteiger partial charge in [0.15, 0.2) is 0 Å². The van der Waals surface area contributed by atoms with Crippen LogP contribution in [0.1, 0.15) is 29.5 Å². The molecule has 0 aliphatic carbocycles. The molecule has 2 aromatic carbocycles. The van der Waals surface area contributed by atoms with Crippen molar-refractivity contribution in [1.29, 1.82) is 5.26 Å². The second-order valence-corrected chi connectivity index (χ2v) is 9.23. The molecule has 2 fully saturated rings. The Morgan fingerprint density at radius 2 is 1.82 bits per heavy atom. The third-order valence-corrected chi connectivity index (χ3v) is 7.21. The summed E-state index contributed by atoms with van der Waals surface area (Å²) in [7, 11) is 1.67. The van der Waals surface area contributed by atoms with Crippen LogP contribution in [-0.2, 0) is 17.5 Å². The summed E-state index contributed by atoms with van der Waals surface area (Å²) in [6.07, 6.45) is -2.93. The molecule has 1 amide bonds. The number of carbonyl (C=O) groups is 1. The fourth-order valence-corrected chi connectivity index (χ4v) is 5.47. The van der Waals surface area contributed by atoms with Gasteiger partial charge in [-0.1, -0.05) is 30.3 Å². The van der Waals surface area contributed by atoms with E-state index in [0.29, 0.717) is 31.2 Å². The number of hydrogen-bond acceptors (Lipinski definition) is 4. The number of likely N-dealkylation sites (tertiary alicyclic amines) is 1. The Morgan fingerprint density at radius 1 is 1.12 bits per heavy atom. The molecule has 0 bridgehead atoms. The maximum Gasteiger partial charge on any atom is 0.417 e. The van der Waals surface area contributed by atoms with Crippen molar-refractivity contribution in [1.82, 2.24) is 10.2 Å². The van der Waals surface area contributed by atoms with Crippen molar-refractivity contribution in [3.05, 3.63) is 65.2 Å². The highest BCUT2D eigenvalue weighted by Gasteiger charge is 2.42. The van der Waals surface area contributed by atoms with Crippen molar-refractivity contribution < 1.29 is 18.0 Å². The summed E-state index contributed by atoms with van der Waals surface area (Å²) >= 11 is 0. The van der Waals surface area contributed by atoms with Gasteiger partial charge in [0, 0.05) is 45.5 Å². The lowest BCUT2D eigenvalue weighted by Gasteiger charge is -2.37. The van der Waals surface area contributed by atoms with Crippen LogP contribution in [0.15, 0.2) is 48.5 Å². The average molecular weight is 471 g/mol.